The van der Waals surface area contributed by atoms with Gasteiger partial charge in [0, 0.05) is 26.2 Å². The lowest BCUT2D eigenvalue weighted by Crippen LogP contribution is -2.49. The first-order chi connectivity index (χ1) is 14.5. The van der Waals surface area contributed by atoms with Gasteiger partial charge in [0.2, 0.25) is 15.9 Å². The van der Waals surface area contributed by atoms with E-state index in [4.69, 9.17) is 0 Å². The van der Waals surface area contributed by atoms with Crippen molar-refractivity contribution in [1.82, 2.24) is 9.62 Å². The SMILES string of the molecule is CNS(=O)(=O)c1ccccc1N1CCN(C(=O)Cc2ccc3ccccc3c2)CC1. The fourth-order valence-corrected chi connectivity index (χ4v) is 4.84. The summed E-state index contributed by atoms with van der Waals surface area (Å²) >= 11 is 0. The first-order valence-corrected chi connectivity index (χ1v) is 11.5. The first-order valence-electron chi connectivity index (χ1n) is 10.0. The van der Waals surface area contributed by atoms with Crippen LogP contribution < -0.4 is 9.62 Å². The summed E-state index contributed by atoms with van der Waals surface area (Å²) < 4.78 is 27.0. The van der Waals surface area contributed by atoms with Gasteiger partial charge in [-0.15, -0.1) is 0 Å². The number of carbonyl (C=O) groups is 1. The van der Waals surface area contributed by atoms with Crippen molar-refractivity contribution in [2.45, 2.75) is 11.3 Å². The molecule has 1 saturated heterocycles. The largest absolute Gasteiger partial charge is 0.367 e. The summed E-state index contributed by atoms with van der Waals surface area (Å²) in [4.78, 5) is 17.0. The van der Waals surface area contributed by atoms with Gasteiger partial charge < -0.3 is 9.80 Å². The molecule has 0 spiro atoms. The number of benzene rings is 3. The zero-order valence-electron chi connectivity index (χ0n) is 16.9. The Balaban J connectivity index is 1.43. The van der Waals surface area contributed by atoms with Gasteiger partial charge >= 0.3 is 0 Å². The highest BCUT2D eigenvalue weighted by Crippen LogP contribution is 2.26. The summed E-state index contributed by atoms with van der Waals surface area (Å²) in [7, 11) is -2.13. The van der Waals surface area contributed by atoms with Crippen molar-refractivity contribution in [3.63, 3.8) is 0 Å². The Bertz CT molecular complexity index is 1170. The Morgan fingerprint density at radius 3 is 2.30 bits per heavy atom. The van der Waals surface area contributed by atoms with Crippen LogP contribution in [0.4, 0.5) is 5.69 Å². The number of carbonyl (C=O) groups excluding carboxylic acids is 1. The van der Waals surface area contributed by atoms with Crippen LogP contribution in [0.3, 0.4) is 0 Å². The quantitative estimate of drug-likeness (QED) is 0.685. The molecule has 1 aliphatic rings. The number of nitrogens with zero attached hydrogens (tertiary/aromatic N) is 2. The van der Waals surface area contributed by atoms with Crippen molar-refractivity contribution in [3.8, 4) is 0 Å². The highest BCUT2D eigenvalue weighted by Gasteiger charge is 2.25. The zero-order valence-corrected chi connectivity index (χ0v) is 17.7. The zero-order chi connectivity index (χ0) is 21.1. The molecule has 0 atom stereocenters. The number of para-hydroxylation sites is 1. The molecule has 0 aromatic heterocycles. The number of hydrogen-bond donors (Lipinski definition) is 1. The van der Waals surface area contributed by atoms with E-state index in [1.165, 1.54) is 7.05 Å². The topological polar surface area (TPSA) is 69.7 Å². The summed E-state index contributed by atoms with van der Waals surface area (Å²) in [6, 6.07) is 21.2. The maximum absolute atomic E-state index is 12.8. The number of piperazine rings is 1. The van der Waals surface area contributed by atoms with Gasteiger partial charge in [0.25, 0.3) is 0 Å². The second-order valence-corrected chi connectivity index (χ2v) is 9.26. The van der Waals surface area contributed by atoms with Gasteiger partial charge in [0.1, 0.15) is 4.90 Å². The third-order valence-electron chi connectivity index (χ3n) is 5.57. The molecule has 1 N–H and O–H groups in total. The van der Waals surface area contributed by atoms with Crippen molar-refractivity contribution in [2.24, 2.45) is 0 Å². The van der Waals surface area contributed by atoms with E-state index in [9.17, 15) is 13.2 Å². The molecule has 1 fully saturated rings. The van der Waals surface area contributed by atoms with Crippen molar-refractivity contribution in [1.29, 1.82) is 0 Å². The molecule has 0 saturated carbocycles. The third-order valence-corrected chi connectivity index (χ3v) is 7.03. The molecule has 1 aliphatic heterocycles. The molecular formula is C23H25N3O3S. The Morgan fingerprint density at radius 1 is 0.900 bits per heavy atom. The molecule has 3 aromatic carbocycles. The van der Waals surface area contributed by atoms with Gasteiger partial charge in [-0.2, -0.15) is 0 Å². The van der Waals surface area contributed by atoms with Gasteiger partial charge in [-0.3, -0.25) is 4.79 Å². The van der Waals surface area contributed by atoms with Crippen molar-refractivity contribution >= 4 is 32.4 Å². The smallest absolute Gasteiger partial charge is 0.242 e. The van der Waals surface area contributed by atoms with Gasteiger partial charge in [0.05, 0.1) is 12.1 Å². The van der Waals surface area contributed by atoms with Gasteiger partial charge in [-0.25, -0.2) is 13.1 Å². The highest BCUT2D eigenvalue weighted by molar-refractivity contribution is 7.89. The van der Waals surface area contributed by atoms with Crippen LogP contribution in [0.2, 0.25) is 0 Å². The van der Waals surface area contributed by atoms with Crippen LogP contribution in [-0.2, 0) is 21.2 Å². The molecule has 0 unspecified atom stereocenters. The molecule has 7 heteroatoms. The predicted octanol–water partition coefficient (Wildman–Crippen LogP) is 2.64. The summed E-state index contributed by atoms with van der Waals surface area (Å²) in [6.45, 7) is 2.33. The fourth-order valence-electron chi connectivity index (χ4n) is 3.89. The summed E-state index contributed by atoms with van der Waals surface area (Å²) in [6.07, 6.45) is 0.371. The molecule has 156 valence electrons. The normalized spacial score (nSPS) is 14.8. The van der Waals surface area contributed by atoms with E-state index in [0.717, 1.165) is 16.3 Å². The van der Waals surface area contributed by atoms with E-state index in [0.29, 0.717) is 38.3 Å². The number of sulfonamides is 1. The van der Waals surface area contributed by atoms with Crippen LogP contribution >= 0.6 is 0 Å². The Morgan fingerprint density at radius 2 is 1.57 bits per heavy atom. The Labute approximate surface area is 177 Å². The van der Waals surface area contributed by atoms with Gasteiger partial charge in [-0.05, 0) is 35.5 Å². The van der Waals surface area contributed by atoms with Crippen molar-refractivity contribution < 1.29 is 13.2 Å². The molecule has 0 bridgehead atoms. The minimum Gasteiger partial charge on any atom is -0.367 e. The first kappa shape index (κ1) is 20.4. The molecule has 30 heavy (non-hydrogen) atoms. The van der Waals surface area contributed by atoms with Crippen LogP contribution in [0.5, 0.6) is 0 Å². The highest BCUT2D eigenvalue weighted by atomic mass is 32.2. The monoisotopic (exact) mass is 423 g/mol. The average Bonchev–Trinajstić information content (AvgIpc) is 2.79. The lowest BCUT2D eigenvalue weighted by Gasteiger charge is -2.37. The number of fused-ring (bicyclic) bond motifs is 1. The molecule has 0 aliphatic carbocycles. The van der Waals surface area contributed by atoms with E-state index in [1.54, 1.807) is 12.1 Å². The Kier molecular flexibility index (Phi) is 5.74. The van der Waals surface area contributed by atoms with E-state index in [-0.39, 0.29) is 10.8 Å². The molecular weight excluding hydrogens is 398 g/mol. The van der Waals surface area contributed by atoms with E-state index >= 15 is 0 Å². The lowest BCUT2D eigenvalue weighted by molar-refractivity contribution is -0.130. The minimum atomic E-state index is -3.54. The second kappa shape index (κ2) is 8.45. The van der Waals surface area contributed by atoms with Crippen LogP contribution in [0.1, 0.15) is 5.56 Å². The predicted molar refractivity (Wildman–Crippen MR) is 119 cm³/mol. The van der Waals surface area contributed by atoms with Crippen LogP contribution in [0.25, 0.3) is 10.8 Å². The van der Waals surface area contributed by atoms with Crippen LogP contribution in [0.15, 0.2) is 71.6 Å². The lowest BCUT2D eigenvalue weighted by atomic mass is 10.0. The van der Waals surface area contributed by atoms with E-state index in [1.807, 2.05) is 40.1 Å². The second-order valence-electron chi connectivity index (χ2n) is 7.40. The number of nitrogens with one attached hydrogen (secondary N) is 1. The standard InChI is InChI=1S/C23H25N3O3S/c1-24-30(28,29)22-9-5-4-8-21(22)25-12-14-26(15-13-25)23(27)17-18-10-11-19-6-2-3-7-20(19)16-18/h2-11,16,24H,12-15,17H2,1H3. The summed E-state index contributed by atoms with van der Waals surface area (Å²) in [5, 5.41) is 2.30. The summed E-state index contributed by atoms with van der Waals surface area (Å²) in [5.41, 5.74) is 1.68. The minimum absolute atomic E-state index is 0.0982. The summed E-state index contributed by atoms with van der Waals surface area (Å²) in [5.74, 6) is 0.0982. The number of anilines is 1. The molecule has 3 aromatic rings. The van der Waals surface area contributed by atoms with Gasteiger partial charge in [0.15, 0.2) is 0 Å². The maximum atomic E-state index is 12.8. The van der Waals surface area contributed by atoms with Gasteiger partial charge in [-0.1, -0.05) is 54.6 Å². The average molecular weight is 424 g/mol. The van der Waals surface area contributed by atoms with E-state index < -0.39 is 10.0 Å². The van der Waals surface area contributed by atoms with Crippen LogP contribution in [0, 0.1) is 0 Å². The van der Waals surface area contributed by atoms with Crippen molar-refractivity contribution in [3.05, 3.63) is 72.3 Å². The molecule has 0 radical (unpaired) electrons. The molecule has 1 heterocycles. The fraction of sp³-hybridized carbons (Fsp3) is 0.261. The molecule has 4 rings (SSSR count). The van der Waals surface area contributed by atoms with Crippen molar-refractivity contribution in [2.75, 3.05) is 38.1 Å². The molecule has 1 amide bonds. The number of amides is 1. The maximum Gasteiger partial charge on any atom is 0.242 e. The molecule has 6 nitrogen and oxygen atoms in total. The number of hydrogen-bond acceptors (Lipinski definition) is 4. The third kappa shape index (κ3) is 4.17. The number of rotatable bonds is 5. The van der Waals surface area contributed by atoms with E-state index in [2.05, 4.69) is 29.0 Å². The van der Waals surface area contributed by atoms with Crippen LogP contribution in [-0.4, -0.2) is 52.5 Å². The Hall–Kier alpha value is -2.90.